The van der Waals surface area contributed by atoms with Gasteiger partial charge in [-0.15, -0.1) is 0 Å². The Labute approximate surface area is 110 Å². The Morgan fingerprint density at radius 2 is 2.42 bits per heavy atom. The van der Waals surface area contributed by atoms with Crippen molar-refractivity contribution < 1.29 is 14.6 Å². The molecule has 1 aliphatic rings. The molecule has 100 valence electrons. The molecule has 2 amide bonds. The summed E-state index contributed by atoms with van der Waals surface area (Å²) in [6, 6.07) is 3.02. The average molecular weight is 262 g/mol. The van der Waals surface area contributed by atoms with E-state index in [0.717, 1.165) is 0 Å². The molecule has 7 nitrogen and oxygen atoms in total. The molecule has 1 unspecified atom stereocenters. The summed E-state index contributed by atoms with van der Waals surface area (Å²) in [5, 5.41) is 18.1. The van der Waals surface area contributed by atoms with Crippen LogP contribution < -0.4 is 9.64 Å². The van der Waals surface area contributed by atoms with Gasteiger partial charge in [0.25, 0.3) is 0 Å². The maximum atomic E-state index is 12.0. The number of carbonyl (C=O) groups excluding carboxylic acids is 1. The minimum atomic E-state index is -0.254. The van der Waals surface area contributed by atoms with Crippen molar-refractivity contribution in [2.45, 2.75) is 6.04 Å². The first-order valence-electron chi connectivity index (χ1n) is 5.71. The fourth-order valence-corrected chi connectivity index (χ4v) is 1.96. The Bertz CT molecular complexity index is 540. The van der Waals surface area contributed by atoms with Gasteiger partial charge in [-0.2, -0.15) is 5.26 Å². The van der Waals surface area contributed by atoms with Crippen LogP contribution in [0.4, 0.5) is 10.6 Å². The largest absolute Gasteiger partial charge is 0.495 e. The number of aliphatic hydroxyl groups is 1. The normalized spacial score (nSPS) is 18.6. The summed E-state index contributed by atoms with van der Waals surface area (Å²) in [5.41, 5.74) is 0.310. The third-order valence-corrected chi connectivity index (χ3v) is 3.15. The molecule has 2 heterocycles. The molecule has 0 spiro atoms. The summed E-state index contributed by atoms with van der Waals surface area (Å²) in [4.78, 5) is 19.0. The number of aromatic nitrogens is 1. The van der Waals surface area contributed by atoms with Crippen LogP contribution in [-0.2, 0) is 0 Å². The second kappa shape index (κ2) is 5.12. The van der Waals surface area contributed by atoms with Gasteiger partial charge in [-0.05, 0) is 0 Å². The molecule has 0 saturated carbocycles. The number of rotatable bonds is 3. The maximum Gasteiger partial charge on any atom is 0.325 e. The first-order chi connectivity index (χ1) is 9.12. The lowest BCUT2D eigenvalue weighted by Crippen LogP contribution is -2.33. The lowest BCUT2D eigenvalue weighted by molar-refractivity contribution is 0.182. The van der Waals surface area contributed by atoms with Gasteiger partial charge in [-0.25, -0.2) is 9.78 Å². The van der Waals surface area contributed by atoms with Crippen molar-refractivity contribution in [3.63, 3.8) is 0 Å². The minimum absolute atomic E-state index is 0.105. The van der Waals surface area contributed by atoms with Crippen LogP contribution in [0.3, 0.4) is 0 Å². The second-order valence-electron chi connectivity index (χ2n) is 4.20. The predicted molar refractivity (Wildman–Crippen MR) is 66.9 cm³/mol. The molecular weight excluding hydrogens is 248 g/mol. The first-order valence-corrected chi connectivity index (χ1v) is 5.71. The number of ether oxygens (including phenoxy) is 1. The molecular formula is C12H14N4O3. The third kappa shape index (κ3) is 2.18. The number of nitrogens with zero attached hydrogens (tertiary/aromatic N) is 4. The molecule has 1 atom stereocenters. The number of carbonyl (C=O) groups is 1. The SMILES string of the molecule is COc1cc(N2CC(CO)N(C)C2=O)ncc1C#N. The van der Waals surface area contributed by atoms with Crippen LogP contribution in [0.25, 0.3) is 0 Å². The molecule has 1 aromatic heterocycles. The highest BCUT2D eigenvalue weighted by atomic mass is 16.5. The number of hydrogen-bond donors (Lipinski definition) is 1. The van der Waals surface area contributed by atoms with Crippen LogP contribution in [0.15, 0.2) is 12.3 Å². The summed E-state index contributed by atoms with van der Waals surface area (Å²) in [6.45, 7) is 0.250. The summed E-state index contributed by atoms with van der Waals surface area (Å²) >= 11 is 0. The molecule has 0 radical (unpaired) electrons. The number of methoxy groups -OCH3 is 1. The molecule has 1 saturated heterocycles. The summed E-state index contributed by atoms with van der Waals surface area (Å²) in [6.07, 6.45) is 1.37. The van der Waals surface area contributed by atoms with Crippen molar-refractivity contribution in [3.8, 4) is 11.8 Å². The average Bonchev–Trinajstić information content (AvgIpc) is 2.74. The fourth-order valence-electron chi connectivity index (χ4n) is 1.96. The number of likely N-dealkylation sites (N-methyl/N-ethyl adjacent to an activating group) is 1. The number of amides is 2. The second-order valence-corrected chi connectivity index (χ2v) is 4.20. The molecule has 1 fully saturated rings. The third-order valence-electron chi connectivity index (χ3n) is 3.15. The van der Waals surface area contributed by atoms with Gasteiger partial charge in [0.15, 0.2) is 0 Å². The van der Waals surface area contributed by atoms with Gasteiger partial charge in [0.1, 0.15) is 23.2 Å². The highest BCUT2D eigenvalue weighted by Gasteiger charge is 2.35. The van der Waals surface area contributed by atoms with Crippen molar-refractivity contribution in [2.75, 3.05) is 32.2 Å². The van der Waals surface area contributed by atoms with Crippen LogP contribution in [0.1, 0.15) is 5.56 Å². The Kier molecular flexibility index (Phi) is 3.53. The first kappa shape index (κ1) is 13.1. The molecule has 19 heavy (non-hydrogen) atoms. The van der Waals surface area contributed by atoms with Gasteiger partial charge < -0.3 is 14.7 Å². The van der Waals surface area contributed by atoms with Crippen molar-refractivity contribution in [2.24, 2.45) is 0 Å². The summed E-state index contributed by atoms with van der Waals surface area (Å²) < 4.78 is 5.09. The van der Waals surface area contributed by atoms with E-state index in [1.54, 1.807) is 13.1 Å². The van der Waals surface area contributed by atoms with Crippen LogP contribution in [-0.4, -0.2) is 54.4 Å². The summed E-state index contributed by atoms with van der Waals surface area (Å²) in [7, 11) is 3.08. The number of anilines is 1. The summed E-state index contributed by atoms with van der Waals surface area (Å²) in [5.74, 6) is 0.777. The van der Waals surface area contributed by atoms with E-state index in [0.29, 0.717) is 23.7 Å². The predicted octanol–water partition coefficient (Wildman–Crippen LogP) is 0.195. The molecule has 1 N–H and O–H groups in total. The number of urea groups is 1. The van der Waals surface area contributed by atoms with Crippen molar-refractivity contribution in [3.05, 3.63) is 17.8 Å². The molecule has 7 heteroatoms. The van der Waals surface area contributed by atoms with Gasteiger partial charge in [0.05, 0.1) is 32.5 Å². The van der Waals surface area contributed by atoms with E-state index in [9.17, 15) is 9.90 Å². The minimum Gasteiger partial charge on any atom is -0.495 e. The molecule has 0 aromatic carbocycles. The van der Waals surface area contributed by atoms with Crippen molar-refractivity contribution in [1.29, 1.82) is 5.26 Å². The Morgan fingerprint density at radius 1 is 1.68 bits per heavy atom. The van der Waals surface area contributed by atoms with Crippen LogP contribution >= 0.6 is 0 Å². The quantitative estimate of drug-likeness (QED) is 0.840. The molecule has 2 rings (SSSR count). The van der Waals surface area contributed by atoms with Gasteiger partial charge in [-0.3, -0.25) is 4.90 Å². The Morgan fingerprint density at radius 3 is 2.95 bits per heavy atom. The zero-order chi connectivity index (χ0) is 14.0. The highest BCUT2D eigenvalue weighted by Crippen LogP contribution is 2.26. The van der Waals surface area contributed by atoms with Gasteiger partial charge in [0.2, 0.25) is 0 Å². The zero-order valence-electron chi connectivity index (χ0n) is 10.7. The van der Waals surface area contributed by atoms with E-state index < -0.39 is 0 Å². The maximum absolute atomic E-state index is 12.0. The van der Waals surface area contributed by atoms with Crippen LogP contribution in [0.2, 0.25) is 0 Å². The Balaban J connectivity index is 2.33. The van der Waals surface area contributed by atoms with Gasteiger partial charge >= 0.3 is 6.03 Å². The molecule has 0 aliphatic carbocycles. The van der Waals surface area contributed by atoms with Crippen molar-refractivity contribution >= 4 is 11.8 Å². The van der Waals surface area contributed by atoms with Crippen LogP contribution in [0.5, 0.6) is 5.75 Å². The topological polar surface area (TPSA) is 89.7 Å². The van der Waals surface area contributed by atoms with E-state index >= 15 is 0 Å². The van der Waals surface area contributed by atoms with E-state index in [4.69, 9.17) is 10.00 Å². The van der Waals surface area contributed by atoms with E-state index in [1.165, 1.54) is 23.1 Å². The lowest BCUT2D eigenvalue weighted by atomic mass is 10.2. The van der Waals surface area contributed by atoms with E-state index in [-0.39, 0.29) is 18.7 Å². The molecule has 1 aliphatic heterocycles. The standard InChI is InChI=1S/C12H14N4O3/c1-15-9(7-17)6-16(12(15)18)11-3-10(19-2)8(4-13)5-14-11/h3,5,9,17H,6-7H2,1-2H3. The fraction of sp³-hybridized carbons (Fsp3) is 0.417. The number of pyridine rings is 1. The lowest BCUT2D eigenvalue weighted by Gasteiger charge is -2.16. The molecule has 1 aromatic rings. The Hall–Kier alpha value is -2.33. The monoisotopic (exact) mass is 262 g/mol. The smallest absolute Gasteiger partial charge is 0.325 e. The number of nitriles is 1. The number of aliphatic hydroxyl groups excluding tert-OH is 1. The highest BCUT2D eigenvalue weighted by molar-refractivity contribution is 5.93. The zero-order valence-corrected chi connectivity index (χ0v) is 10.7. The number of hydrogen-bond acceptors (Lipinski definition) is 5. The van der Waals surface area contributed by atoms with Gasteiger partial charge in [0, 0.05) is 13.1 Å². The molecule has 0 bridgehead atoms. The van der Waals surface area contributed by atoms with E-state index in [2.05, 4.69) is 4.98 Å². The van der Waals surface area contributed by atoms with Crippen molar-refractivity contribution in [1.82, 2.24) is 9.88 Å². The van der Waals surface area contributed by atoms with Gasteiger partial charge in [-0.1, -0.05) is 0 Å². The van der Waals surface area contributed by atoms with Crippen LogP contribution in [0, 0.1) is 11.3 Å². The van der Waals surface area contributed by atoms with E-state index in [1.807, 2.05) is 6.07 Å².